The number of halogens is 6. The Morgan fingerprint density at radius 1 is 0.597 bits per heavy atom. The molecule has 0 aliphatic carbocycles. The zero-order valence-corrected chi connectivity index (χ0v) is 38.6. The van der Waals surface area contributed by atoms with Gasteiger partial charge < -0.3 is 9.84 Å². The SMILES string of the molecule is [C-]#[N+]c1ccc(-n2nccc2-c2c(C)n(-c3cccc(C(F)(F)F)c3)c(=O)n([C@H](C)CO)c2=O)cc1.[C-]#[N+]c1ccc(-n2nccc2-c2c(C)n(-c3cccc(C(F)(F)F)c3)c(=O)n([C@H](C)OC)c2=O)cc1. The molecule has 4 heterocycles. The van der Waals surface area contributed by atoms with Crippen LogP contribution in [-0.2, 0) is 17.1 Å². The third kappa shape index (κ3) is 9.68. The van der Waals surface area contributed by atoms with Crippen molar-refractivity contribution in [3.63, 3.8) is 0 Å². The molecule has 22 heteroatoms. The molecule has 1 N–H and O–H groups in total. The second-order valence-corrected chi connectivity index (χ2v) is 16.0. The molecule has 4 aromatic carbocycles. The van der Waals surface area contributed by atoms with Gasteiger partial charge in [-0.15, -0.1) is 0 Å². The number of hydrogen-bond donors (Lipinski definition) is 1. The van der Waals surface area contributed by atoms with Crippen molar-refractivity contribution >= 4 is 11.4 Å². The number of alkyl halides is 6. The second-order valence-electron chi connectivity index (χ2n) is 16.0. The topological polar surface area (TPSA) is 162 Å². The van der Waals surface area contributed by atoms with E-state index in [4.69, 9.17) is 17.9 Å². The van der Waals surface area contributed by atoms with Crippen molar-refractivity contribution in [2.24, 2.45) is 0 Å². The highest BCUT2D eigenvalue weighted by Gasteiger charge is 2.33. The monoisotopic (exact) mass is 990 g/mol. The van der Waals surface area contributed by atoms with Crippen molar-refractivity contribution < 1.29 is 36.2 Å². The molecular formula is C50H40F6N10O6. The van der Waals surface area contributed by atoms with E-state index in [0.717, 1.165) is 42.5 Å². The van der Waals surface area contributed by atoms with Crippen LogP contribution in [0.2, 0.25) is 0 Å². The molecule has 0 amide bonds. The average molecular weight is 991 g/mol. The van der Waals surface area contributed by atoms with E-state index in [1.807, 2.05) is 0 Å². The van der Waals surface area contributed by atoms with Gasteiger partial charge in [0.15, 0.2) is 11.4 Å². The number of ether oxygens (including phenoxy) is 1. The molecule has 8 rings (SSSR count). The van der Waals surface area contributed by atoms with Crippen LogP contribution < -0.4 is 22.5 Å². The molecule has 368 valence electrons. The summed E-state index contributed by atoms with van der Waals surface area (Å²) in [5.41, 5.74) is -2.36. The summed E-state index contributed by atoms with van der Waals surface area (Å²) in [6, 6.07) is 23.6. The van der Waals surface area contributed by atoms with Crippen LogP contribution in [0.15, 0.2) is 141 Å². The van der Waals surface area contributed by atoms with Crippen LogP contribution >= 0.6 is 0 Å². The maximum Gasteiger partial charge on any atom is 0.416 e. The molecule has 0 saturated carbocycles. The smallest absolute Gasteiger partial charge is 0.394 e. The average Bonchev–Trinajstić information content (AvgIpc) is 4.05. The lowest BCUT2D eigenvalue weighted by atomic mass is 10.1. The fourth-order valence-corrected chi connectivity index (χ4v) is 7.92. The Morgan fingerprint density at radius 3 is 1.35 bits per heavy atom. The molecule has 0 bridgehead atoms. The lowest BCUT2D eigenvalue weighted by Crippen LogP contribution is -2.44. The molecule has 0 aliphatic heterocycles. The van der Waals surface area contributed by atoms with Crippen molar-refractivity contribution in [2.75, 3.05) is 13.7 Å². The largest absolute Gasteiger partial charge is 0.416 e. The predicted octanol–water partition coefficient (Wildman–Crippen LogP) is 9.18. The molecule has 0 fully saturated rings. The van der Waals surface area contributed by atoms with Crippen molar-refractivity contribution in [2.45, 2.75) is 52.3 Å². The summed E-state index contributed by atoms with van der Waals surface area (Å²) in [7, 11) is 1.31. The summed E-state index contributed by atoms with van der Waals surface area (Å²) in [5.74, 6) is 0. The number of aromatic nitrogens is 8. The lowest BCUT2D eigenvalue weighted by Gasteiger charge is -2.21. The fraction of sp³-hybridized carbons (Fsp3) is 0.200. The summed E-state index contributed by atoms with van der Waals surface area (Å²) in [5, 5.41) is 18.3. The first kappa shape index (κ1) is 51.0. The van der Waals surface area contributed by atoms with Crippen LogP contribution in [0.3, 0.4) is 0 Å². The van der Waals surface area contributed by atoms with Crippen LogP contribution in [-0.4, -0.2) is 56.7 Å². The van der Waals surface area contributed by atoms with Gasteiger partial charge >= 0.3 is 23.7 Å². The van der Waals surface area contributed by atoms with Crippen LogP contribution in [0.4, 0.5) is 37.7 Å². The Bertz CT molecular complexity index is 3420. The molecule has 16 nitrogen and oxygen atoms in total. The zero-order valence-electron chi connectivity index (χ0n) is 38.6. The Labute approximate surface area is 404 Å². The summed E-state index contributed by atoms with van der Waals surface area (Å²) in [6.07, 6.45) is -7.37. The quantitative estimate of drug-likeness (QED) is 0.105. The number of benzene rings is 4. The molecule has 0 spiro atoms. The van der Waals surface area contributed by atoms with Gasteiger partial charge in [-0.05, 0) is 100 Å². The molecular weight excluding hydrogens is 951 g/mol. The van der Waals surface area contributed by atoms with Crippen molar-refractivity contribution in [1.29, 1.82) is 0 Å². The normalized spacial score (nSPS) is 12.4. The molecule has 72 heavy (non-hydrogen) atoms. The van der Waals surface area contributed by atoms with E-state index in [0.29, 0.717) is 28.4 Å². The van der Waals surface area contributed by atoms with E-state index in [1.54, 1.807) is 60.7 Å². The summed E-state index contributed by atoms with van der Waals surface area (Å²) in [6.45, 7) is 19.6. The highest BCUT2D eigenvalue weighted by Crippen LogP contribution is 2.33. The third-order valence-corrected chi connectivity index (χ3v) is 11.6. The minimum atomic E-state index is -4.64. The van der Waals surface area contributed by atoms with Gasteiger partial charge in [-0.3, -0.25) is 23.3 Å². The first-order valence-electron chi connectivity index (χ1n) is 21.5. The van der Waals surface area contributed by atoms with Gasteiger partial charge in [0.2, 0.25) is 0 Å². The number of hydrogen-bond acceptors (Lipinski definition) is 8. The van der Waals surface area contributed by atoms with E-state index in [-0.39, 0.29) is 39.6 Å². The number of aliphatic hydroxyl groups excluding tert-OH is 1. The third-order valence-electron chi connectivity index (χ3n) is 11.6. The first-order chi connectivity index (χ1) is 34.2. The maximum absolute atomic E-state index is 13.6. The first-order valence-corrected chi connectivity index (χ1v) is 21.5. The maximum atomic E-state index is 13.6. The molecule has 0 radical (unpaired) electrons. The fourth-order valence-electron chi connectivity index (χ4n) is 7.92. The minimum Gasteiger partial charge on any atom is -0.394 e. The Balaban J connectivity index is 0.000000211. The van der Waals surface area contributed by atoms with Gasteiger partial charge in [0.05, 0.1) is 94.6 Å². The van der Waals surface area contributed by atoms with Gasteiger partial charge in [-0.2, -0.15) is 36.5 Å². The zero-order chi connectivity index (χ0) is 52.4. The summed E-state index contributed by atoms with van der Waals surface area (Å²) in [4.78, 5) is 60.7. The van der Waals surface area contributed by atoms with Crippen LogP contribution in [0.25, 0.3) is 55.0 Å². The minimum absolute atomic E-state index is 0.0269. The Morgan fingerprint density at radius 2 is 0.986 bits per heavy atom. The van der Waals surface area contributed by atoms with Gasteiger partial charge in [-0.1, -0.05) is 36.4 Å². The highest BCUT2D eigenvalue weighted by molar-refractivity contribution is 5.66. The predicted molar refractivity (Wildman–Crippen MR) is 253 cm³/mol. The van der Waals surface area contributed by atoms with Crippen molar-refractivity contribution in [1.82, 2.24) is 37.8 Å². The summed E-state index contributed by atoms with van der Waals surface area (Å²) < 4.78 is 92.3. The molecule has 8 aromatic rings. The van der Waals surface area contributed by atoms with Gasteiger partial charge in [-0.25, -0.2) is 33.2 Å². The molecule has 2 atom stereocenters. The number of nitrogens with zero attached hydrogens (tertiary/aromatic N) is 10. The number of methoxy groups -OCH3 is 1. The van der Waals surface area contributed by atoms with E-state index >= 15 is 0 Å². The van der Waals surface area contributed by atoms with Gasteiger partial charge in [0.25, 0.3) is 11.1 Å². The van der Waals surface area contributed by atoms with Crippen molar-refractivity contribution in [3.8, 4) is 45.3 Å². The highest BCUT2D eigenvalue weighted by atomic mass is 19.4. The Hall–Kier alpha value is -8.86. The van der Waals surface area contributed by atoms with Gasteiger partial charge in [0.1, 0.15) is 6.23 Å². The Kier molecular flexibility index (Phi) is 14.3. The van der Waals surface area contributed by atoms with Crippen LogP contribution in [0, 0.1) is 27.0 Å². The molecule has 4 aromatic heterocycles. The second kappa shape index (κ2) is 20.2. The number of aliphatic hydroxyl groups is 1. The van der Waals surface area contributed by atoms with Gasteiger partial charge in [0, 0.05) is 18.5 Å². The molecule has 0 aliphatic rings. The molecule has 0 unspecified atom stereocenters. The van der Waals surface area contributed by atoms with E-state index in [2.05, 4.69) is 19.9 Å². The van der Waals surface area contributed by atoms with Crippen LogP contribution in [0.1, 0.15) is 48.6 Å². The lowest BCUT2D eigenvalue weighted by molar-refractivity contribution is -0.138. The van der Waals surface area contributed by atoms with E-state index < -0.39 is 64.9 Å². The van der Waals surface area contributed by atoms with Crippen molar-refractivity contribution in [3.05, 3.63) is 209 Å². The van der Waals surface area contributed by atoms with E-state index in [9.17, 15) is 50.6 Å². The summed E-state index contributed by atoms with van der Waals surface area (Å²) >= 11 is 0. The standard InChI is InChI=1S/2C25H20F3N5O3/c1-15-22(21-12-13-30-33(21)19-10-8-18(29-3)9-11-19)23(34)32(16(2)36-4)24(35)31(15)20-7-5-6-17(14-20)25(26,27)28;1-15(14-34)31-23(35)22(21-11-12-30-33(21)19-9-7-18(29-3)8-10-19)16(2)32(24(31)36)20-6-4-5-17(13-20)25(26,27)28/h5-14,16H,1-2,4H3;4-13,15,34H,14H2,1-2H3/t16-;15-/m01/s1. The number of rotatable bonds is 10. The molecule has 0 saturated heterocycles. The van der Waals surface area contributed by atoms with E-state index in [1.165, 1.54) is 80.8 Å². The van der Waals surface area contributed by atoms with Crippen LogP contribution in [0.5, 0.6) is 0 Å².